The molecule has 0 saturated carbocycles. The van der Waals surface area contributed by atoms with Crippen LogP contribution in [0.5, 0.6) is 5.75 Å². The number of benzene rings is 2. The predicted octanol–water partition coefficient (Wildman–Crippen LogP) is 5.74. The first-order valence-electron chi connectivity index (χ1n) is 9.63. The van der Waals surface area contributed by atoms with Crippen molar-refractivity contribution in [3.8, 4) is 5.75 Å². The molecular formula is C23H28N2O2. The summed E-state index contributed by atoms with van der Waals surface area (Å²) in [5, 5.41) is 4.19. The first kappa shape index (κ1) is 19.0. The highest BCUT2D eigenvalue weighted by Crippen LogP contribution is 2.31. The van der Waals surface area contributed by atoms with Gasteiger partial charge < -0.3 is 14.6 Å². The summed E-state index contributed by atoms with van der Waals surface area (Å²) in [5.41, 5.74) is 4.76. The number of anilines is 1. The fourth-order valence-corrected chi connectivity index (χ4v) is 3.67. The molecule has 142 valence electrons. The van der Waals surface area contributed by atoms with E-state index in [0.717, 1.165) is 40.0 Å². The molecule has 1 N–H and O–H groups in total. The molecule has 0 aliphatic heterocycles. The van der Waals surface area contributed by atoms with Gasteiger partial charge in [-0.2, -0.15) is 0 Å². The molecule has 4 nitrogen and oxygen atoms in total. The van der Waals surface area contributed by atoms with Gasteiger partial charge in [-0.05, 0) is 62.1 Å². The van der Waals surface area contributed by atoms with Crippen LogP contribution in [-0.4, -0.2) is 17.1 Å². The number of para-hydroxylation sites is 1. The van der Waals surface area contributed by atoms with Crippen LogP contribution in [-0.2, 0) is 6.54 Å². The highest BCUT2D eigenvalue weighted by atomic mass is 16.5. The number of aromatic nitrogens is 1. The van der Waals surface area contributed by atoms with Crippen molar-refractivity contribution in [2.75, 3.05) is 11.9 Å². The maximum atomic E-state index is 13.2. The molecule has 1 heterocycles. The fourth-order valence-electron chi connectivity index (χ4n) is 3.67. The van der Waals surface area contributed by atoms with Crippen LogP contribution in [0.25, 0.3) is 10.9 Å². The number of nitrogens with one attached hydrogen (secondary N) is 1. The lowest BCUT2D eigenvalue weighted by Gasteiger charge is -2.15. The Labute approximate surface area is 161 Å². The second kappa shape index (κ2) is 7.87. The van der Waals surface area contributed by atoms with Crippen molar-refractivity contribution in [3.05, 3.63) is 59.3 Å². The van der Waals surface area contributed by atoms with Gasteiger partial charge in [0.05, 0.1) is 6.61 Å². The van der Waals surface area contributed by atoms with Crippen molar-refractivity contribution in [2.45, 2.75) is 47.1 Å². The Kier molecular flexibility index (Phi) is 5.54. The second-order valence-electron chi connectivity index (χ2n) is 7.03. The molecule has 3 aromatic rings. The predicted molar refractivity (Wildman–Crippen MR) is 112 cm³/mol. The van der Waals surface area contributed by atoms with Gasteiger partial charge >= 0.3 is 0 Å². The summed E-state index contributed by atoms with van der Waals surface area (Å²) in [5.74, 6) is 1.10. The second-order valence-corrected chi connectivity index (χ2v) is 7.03. The minimum Gasteiger partial charge on any atom is -0.494 e. The van der Waals surface area contributed by atoms with Crippen LogP contribution in [0.3, 0.4) is 0 Å². The van der Waals surface area contributed by atoms with E-state index in [1.54, 1.807) is 0 Å². The molecule has 4 heteroatoms. The number of carbonyl (C=O) groups is 1. The number of carbonyl (C=O) groups excluding carboxylic acids is 1. The quantitative estimate of drug-likeness (QED) is 0.606. The van der Waals surface area contributed by atoms with Crippen LogP contribution in [0.4, 0.5) is 5.69 Å². The molecule has 0 bridgehead atoms. The standard InChI is InChI=1S/C23H28N2O2/c1-6-25-21-13-12-17(27-7-2)14-19(21)16(5)22(25)23(26)24-20-11-9-8-10-18(20)15(3)4/h8-15H,6-7H2,1-5H3,(H,24,26). The highest BCUT2D eigenvalue weighted by molar-refractivity contribution is 6.08. The number of amides is 1. The third-order valence-corrected chi connectivity index (χ3v) is 4.96. The van der Waals surface area contributed by atoms with Gasteiger partial charge in [0.1, 0.15) is 11.4 Å². The van der Waals surface area contributed by atoms with Gasteiger partial charge in [-0.3, -0.25) is 4.79 Å². The summed E-state index contributed by atoms with van der Waals surface area (Å²) >= 11 is 0. The minimum atomic E-state index is -0.0726. The Morgan fingerprint density at radius 1 is 1.15 bits per heavy atom. The molecule has 27 heavy (non-hydrogen) atoms. The SMILES string of the molecule is CCOc1ccc2c(c1)c(C)c(C(=O)Nc1ccccc1C(C)C)n2CC. The Hall–Kier alpha value is -2.75. The van der Waals surface area contributed by atoms with E-state index in [2.05, 4.69) is 36.7 Å². The zero-order valence-electron chi connectivity index (χ0n) is 16.8. The van der Waals surface area contributed by atoms with Crippen molar-refractivity contribution in [1.29, 1.82) is 0 Å². The zero-order chi connectivity index (χ0) is 19.6. The fraction of sp³-hybridized carbons (Fsp3) is 0.348. The van der Waals surface area contributed by atoms with Crippen LogP contribution < -0.4 is 10.1 Å². The molecule has 0 fully saturated rings. The largest absolute Gasteiger partial charge is 0.494 e. The summed E-state index contributed by atoms with van der Waals surface area (Å²) in [4.78, 5) is 13.2. The number of fused-ring (bicyclic) bond motifs is 1. The van der Waals surface area contributed by atoms with Crippen molar-refractivity contribution in [2.24, 2.45) is 0 Å². The van der Waals surface area contributed by atoms with E-state index in [-0.39, 0.29) is 5.91 Å². The molecular weight excluding hydrogens is 336 g/mol. The molecule has 1 amide bonds. The van der Waals surface area contributed by atoms with E-state index in [0.29, 0.717) is 18.2 Å². The van der Waals surface area contributed by atoms with Crippen molar-refractivity contribution >= 4 is 22.5 Å². The molecule has 3 rings (SSSR count). The Morgan fingerprint density at radius 3 is 2.56 bits per heavy atom. The number of hydrogen-bond donors (Lipinski definition) is 1. The lowest BCUT2D eigenvalue weighted by Crippen LogP contribution is -2.18. The van der Waals surface area contributed by atoms with E-state index in [1.165, 1.54) is 0 Å². The highest BCUT2D eigenvalue weighted by Gasteiger charge is 2.21. The van der Waals surface area contributed by atoms with Crippen LogP contribution in [0.15, 0.2) is 42.5 Å². The Bertz CT molecular complexity index is 970. The van der Waals surface area contributed by atoms with E-state index in [1.807, 2.05) is 50.2 Å². The summed E-state index contributed by atoms with van der Waals surface area (Å²) < 4.78 is 7.72. The number of ether oxygens (including phenoxy) is 1. The first-order chi connectivity index (χ1) is 13.0. The Balaban J connectivity index is 2.05. The van der Waals surface area contributed by atoms with E-state index in [4.69, 9.17) is 4.74 Å². The normalized spacial score (nSPS) is 11.2. The molecule has 0 saturated heterocycles. The van der Waals surface area contributed by atoms with Crippen LogP contribution in [0, 0.1) is 6.92 Å². The summed E-state index contributed by atoms with van der Waals surface area (Å²) in [6.45, 7) is 11.7. The summed E-state index contributed by atoms with van der Waals surface area (Å²) in [6.07, 6.45) is 0. The van der Waals surface area contributed by atoms with Gasteiger partial charge in [0.15, 0.2) is 0 Å². The molecule has 0 spiro atoms. The molecule has 0 atom stereocenters. The Morgan fingerprint density at radius 2 is 1.89 bits per heavy atom. The van der Waals surface area contributed by atoms with Crippen molar-refractivity contribution in [3.63, 3.8) is 0 Å². The molecule has 0 aliphatic carbocycles. The molecule has 1 aromatic heterocycles. The average molecular weight is 364 g/mol. The van der Waals surface area contributed by atoms with Gasteiger partial charge in [-0.15, -0.1) is 0 Å². The third-order valence-electron chi connectivity index (χ3n) is 4.96. The van der Waals surface area contributed by atoms with Gasteiger partial charge in [-0.1, -0.05) is 32.0 Å². The zero-order valence-corrected chi connectivity index (χ0v) is 16.8. The van der Waals surface area contributed by atoms with Gasteiger partial charge in [0.25, 0.3) is 5.91 Å². The number of rotatable bonds is 6. The van der Waals surface area contributed by atoms with Crippen LogP contribution in [0.2, 0.25) is 0 Å². The lowest BCUT2D eigenvalue weighted by molar-refractivity contribution is 0.101. The van der Waals surface area contributed by atoms with Crippen LogP contribution >= 0.6 is 0 Å². The average Bonchev–Trinajstić information content (AvgIpc) is 2.94. The van der Waals surface area contributed by atoms with Crippen molar-refractivity contribution in [1.82, 2.24) is 4.57 Å². The van der Waals surface area contributed by atoms with Gasteiger partial charge in [0.2, 0.25) is 0 Å². The molecule has 2 aromatic carbocycles. The number of aryl methyl sites for hydroxylation is 2. The van der Waals surface area contributed by atoms with Crippen LogP contribution in [0.1, 0.15) is 55.2 Å². The van der Waals surface area contributed by atoms with Gasteiger partial charge in [0, 0.05) is 23.1 Å². The maximum absolute atomic E-state index is 13.2. The first-order valence-corrected chi connectivity index (χ1v) is 9.63. The molecule has 0 aliphatic rings. The monoisotopic (exact) mass is 364 g/mol. The lowest BCUT2D eigenvalue weighted by atomic mass is 10.0. The van der Waals surface area contributed by atoms with E-state index in [9.17, 15) is 4.79 Å². The summed E-state index contributed by atoms with van der Waals surface area (Å²) in [6, 6.07) is 14.0. The number of hydrogen-bond acceptors (Lipinski definition) is 2. The minimum absolute atomic E-state index is 0.0726. The van der Waals surface area contributed by atoms with Crippen molar-refractivity contribution < 1.29 is 9.53 Å². The number of nitrogens with zero attached hydrogens (tertiary/aromatic N) is 1. The van der Waals surface area contributed by atoms with Gasteiger partial charge in [-0.25, -0.2) is 0 Å². The van der Waals surface area contributed by atoms with E-state index >= 15 is 0 Å². The topological polar surface area (TPSA) is 43.3 Å². The molecule has 0 radical (unpaired) electrons. The smallest absolute Gasteiger partial charge is 0.272 e. The van der Waals surface area contributed by atoms with E-state index < -0.39 is 0 Å². The third kappa shape index (κ3) is 3.57. The molecule has 0 unspecified atom stereocenters. The summed E-state index contributed by atoms with van der Waals surface area (Å²) in [7, 11) is 0. The maximum Gasteiger partial charge on any atom is 0.272 e.